The fourth-order valence-electron chi connectivity index (χ4n) is 3.43. The normalized spacial score (nSPS) is 13.2. The molecule has 3 heterocycles. The molecule has 0 saturated heterocycles. The molecule has 1 aliphatic heterocycles. The summed E-state index contributed by atoms with van der Waals surface area (Å²) in [5.41, 5.74) is 1.94. The maximum Gasteiger partial charge on any atom is 0.263 e. The van der Waals surface area contributed by atoms with Crippen molar-refractivity contribution in [2.75, 3.05) is 30.4 Å². The van der Waals surface area contributed by atoms with Gasteiger partial charge in [0.25, 0.3) is 10.0 Å². The van der Waals surface area contributed by atoms with Gasteiger partial charge in [0, 0.05) is 23.9 Å². The number of methoxy groups -OCH3 is 1. The van der Waals surface area contributed by atoms with E-state index in [1.807, 2.05) is 13.0 Å². The molecular formula is C21H21N5O6S. The van der Waals surface area contributed by atoms with Gasteiger partial charge in [0.05, 0.1) is 23.1 Å². The first-order valence-corrected chi connectivity index (χ1v) is 11.7. The SMILES string of the molecule is CCc1cc(Nc2cc3onc(NS(=O)(=O)c4ccc5c(c4)OCCO5)c3cc2OC)n[nH]1. The van der Waals surface area contributed by atoms with Gasteiger partial charge in [-0.3, -0.25) is 9.82 Å². The molecule has 0 bridgehead atoms. The van der Waals surface area contributed by atoms with E-state index >= 15 is 0 Å². The highest BCUT2D eigenvalue weighted by molar-refractivity contribution is 7.92. The summed E-state index contributed by atoms with van der Waals surface area (Å²) in [6.45, 7) is 2.79. The topological polar surface area (TPSA) is 141 Å². The highest BCUT2D eigenvalue weighted by Crippen LogP contribution is 2.37. The number of fused-ring (bicyclic) bond motifs is 2. The summed E-state index contributed by atoms with van der Waals surface area (Å²) >= 11 is 0. The Balaban J connectivity index is 1.45. The maximum absolute atomic E-state index is 13.0. The summed E-state index contributed by atoms with van der Waals surface area (Å²) in [5, 5.41) is 14.6. The van der Waals surface area contributed by atoms with Gasteiger partial charge in [-0.05, 0) is 24.6 Å². The predicted molar refractivity (Wildman–Crippen MR) is 120 cm³/mol. The maximum atomic E-state index is 13.0. The van der Waals surface area contributed by atoms with Gasteiger partial charge in [-0.1, -0.05) is 12.1 Å². The molecule has 12 heteroatoms. The Morgan fingerprint density at radius 1 is 1.12 bits per heavy atom. The average molecular weight is 471 g/mol. The van der Waals surface area contributed by atoms with Crippen molar-refractivity contribution in [1.29, 1.82) is 0 Å². The number of nitrogens with zero attached hydrogens (tertiary/aromatic N) is 2. The summed E-state index contributed by atoms with van der Waals surface area (Å²) in [6, 6.07) is 9.61. The molecular weight excluding hydrogens is 450 g/mol. The minimum Gasteiger partial charge on any atom is -0.495 e. The lowest BCUT2D eigenvalue weighted by Crippen LogP contribution is -2.17. The number of anilines is 3. The van der Waals surface area contributed by atoms with Crippen molar-refractivity contribution in [2.45, 2.75) is 18.2 Å². The summed E-state index contributed by atoms with van der Waals surface area (Å²) in [7, 11) is -2.45. The van der Waals surface area contributed by atoms with Crippen molar-refractivity contribution in [3.63, 3.8) is 0 Å². The second-order valence-corrected chi connectivity index (χ2v) is 8.93. The van der Waals surface area contributed by atoms with Gasteiger partial charge in [-0.25, -0.2) is 8.42 Å². The Morgan fingerprint density at radius 3 is 2.70 bits per heavy atom. The van der Waals surface area contributed by atoms with Crippen LogP contribution >= 0.6 is 0 Å². The second-order valence-electron chi connectivity index (χ2n) is 7.25. The molecule has 33 heavy (non-hydrogen) atoms. The number of ether oxygens (including phenoxy) is 3. The predicted octanol–water partition coefficient (Wildman–Crippen LogP) is 3.44. The monoisotopic (exact) mass is 471 g/mol. The zero-order valence-corrected chi connectivity index (χ0v) is 18.7. The van der Waals surface area contributed by atoms with E-state index in [1.54, 1.807) is 18.2 Å². The van der Waals surface area contributed by atoms with Crippen LogP contribution in [0.15, 0.2) is 45.8 Å². The summed E-state index contributed by atoms with van der Waals surface area (Å²) < 4.78 is 50.2. The number of rotatable bonds is 7. The van der Waals surface area contributed by atoms with Crippen LogP contribution in [0.25, 0.3) is 11.0 Å². The Bertz CT molecular complexity index is 1430. The van der Waals surface area contributed by atoms with Gasteiger partial charge in [-0.2, -0.15) is 5.10 Å². The number of aromatic amines is 1. The zero-order chi connectivity index (χ0) is 23.0. The first-order chi connectivity index (χ1) is 16.0. The largest absolute Gasteiger partial charge is 0.495 e. The van der Waals surface area contributed by atoms with Gasteiger partial charge in [0.1, 0.15) is 19.0 Å². The van der Waals surface area contributed by atoms with Crippen molar-refractivity contribution in [3.05, 3.63) is 42.1 Å². The fourth-order valence-corrected chi connectivity index (χ4v) is 4.46. The number of nitrogens with one attached hydrogen (secondary N) is 3. The van der Waals surface area contributed by atoms with E-state index in [1.165, 1.54) is 19.2 Å². The van der Waals surface area contributed by atoms with E-state index in [4.69, 9.17) is 18.7 Å². The highest BCUT2D eigenvalue weighted by atomic mass is 32.2. The van der Waals surface area contributed by atoms with E-state index in [-0.39, 0.29) is 10.7 Å². The molecule has 11 nitrogen and oxygen atoms in total. The molecule has 0 aliphatic carbocycles. The van der Waals surface area contributed by atoms with Crippen LogP contribution in [-0.2, 0) is 16.4 Å². The average Bonchev–Trinajstić information content (AvgIpc) is 3.44. The molecule has 3 N–H and O–H groups in total. The molecule has 2 aromatic carbocycles. The molecule has 5 rings (SSSR count). The number of hydrogen-bond donors (Lipinski definition) is 3. The van der Waals surface area contributed by atoms with Gasteiger partial charge in [0.15, 0.2) is 28.7 Å². The van der Waals surface area contributed by atoms with Crippen LogP contribution in [0.1, 0.15) is 12.6 Å². The first-order valence-electron chi connectivity index (χ1n) is 10.2. The molecule has 0 amide bonds. The number of sulfonamides is 1. The van der Waals surface area contributed by atoms with Crippen molar-refractivity contribution in [1.82, 2.24) is 15.4 Å². The van der Waals surface area contributed by atoms with Crippen LogP contribution in [0.5, 0.6) is 17.2 Å². The third-order valence-corrected chi connectivity index (χ3v) is 6.46. The number of benzene rings is 2. The van der Waals surface area contributed by atoms with Crippen LogP contribution in [0.4, 0.5) is 17.3 Å². The molecule has 0 unspecified atom stereocenters. The van der Waals surface area contributed by atoms with Crippen molar-refractivity contribution < 1.29 is 27.2 Å². The van der Waals surface area contributed by atoms with E-state index in [0.29, 0.717) is 52.9 Å². The van der Waals surface area contributed by atoms with Crippen LogP contribution in [0.3, 0.4) is 0 Å². The fraction of sp³-hybridized carbons (Fsp3) is 0.238. The molecule has 0 radical (unpaired) electrons. The lowest BCUT2D eigenvalue weighted by atomic mass is 10.2. The standard InChI is InChI=1S/C21H21N5O6S/c1-3-12-8-20(24-23-12)22-15-11-17-14(10-18(15)29-2)21(25-32-17)26-33(27,28)13-4-5-16-19(9-13)31-7-6-30-16/h4-5,8-11H,3,6-7H2,1-2H3,(H,25,26)(H2,22,23,24). The number of aryl methyl sites for hydroxylation is 1. The number of hydrogen-bond acceptors (Lipinski definition) is 9. The van der Waals surface area contributed by atoms with Crippen molar-refractivity contribution in [2.24, 2.45) is 0 Å². The third kappa shape index (κ3) is 4.00. The number of aromatic nitrogens is 3. The Kier molecular flexibility index (Phi) is 5.21. The molecule has 0 saturated carbocycles. The second kappa shape index (κ2) is 8.20. The van der Waals surface area contributed by atoms with E-state index in [9.17, 15) is 8.42 Å². The molecule has 2 aromatic heterocycles. The van der Waals surface area contributed by atoms with Crippen molar-refractivity contribution >= 4 is 38.3 Å². The number of H-pyrrole nitrogens is 1. The van der Waals surface area contributed by atoms with Crippen LogP contribution in [0.2, 0.25) is 0 Å². The minimum absolute atomic E-state index is 0.0124. The van der Waals surface area contributed by atoms with Gasteiger partial charge in [-0.15, -0.1) is 0 Å². The zero-order valence-electron chi connectivity index (χ0n) is 17.8. The molecule has 0 atom stereocenters. The molecule has 0 spiro atoms. The van der Waals surface area contributed by atoms with Gasteiger partial charge < -0.3 is 24.1 Å². The Labute approximate surface area is 189 Å². The van der Waals surface area contributed by atoms with Crippen LogP contribution in [0, 0.1) is 0 Å². The molecule has 1 aliphatic rings. The quantitative estimate of drug-likeness (QED) is 0.370. The van der Waals surface area contributed by atoms with E-state index in [0.717, 1.165) is 12.1 Å². The van der Waals surface area contributed by atoms with E-state index < -0.39 is 10.0 Å². The van der Waals surface area contributed by atoms with Crippen molar-refractivity contribution in [3.8, 4) is 17.2 Å². The van der Waals surface area contributed by atoms with E-state index in [2.05, 4.69) is 25.4 Å². The summed E-state index contributed by atoms with van der Waals surface area (Å²) in [6.07, 6.45) is 0.819. The molecule has 0 fully saturated rings. The molecule has 172 valence electrons. The van der Waals surface area contributed by atoms with Gasteiger partial charge >= 0.3 is 0 Å². The summed E-state index contributed by atoms with van der Waals surface area (Å²) in [5.74, 6) is 1.99. The van der Waals surface area contributed by atoms with Crippen LogP contribution < -0.4 is 24.2 Å². The van der Waals surface area contributed by atoms with Crippen LogP contribution in [-0.4, -0.2) is 44.1 Å². The lowest BCUT2D eigenvalue weighted by Gasteiger charge is -2.18. The third-order valence-electron chi connectivity index (χ3n) is 5.12. The first kappa shape index (κ1) is 20.9. The Hall–Kier alpha value is -3.93. The highest BCUT2D eigenvalue weighted by Gasteiger charge is 2.23. The molecule has 4 aromatic rings. The minimum atomic E-state index is -3.97. The Morgan fingerprint density at radius 2 is 1.94 bits per heavy atom. The smallest absolute Gasteiger partial charge is 0.263 e. The van der Waals surface area contributed by atoms with Gasteiger partial charge in [0.2, 0.25) is 0 Å². The summed E-state index contributed by atoms with van der Waals surface area (Å²) in [4.78, 5) is 0.0124. The lowest BCUT2D eigenvalue weighted by molar-refractivity contribution is 0.171.